The first kappa shape index (κ1) is 11.3. The molecule has 2 rings (SSSR count). The summed E-state index contributed by atoms with van der Waals surface area (Å²) < 4.78 is 10.7. The highest BCUT2D eigenvalue weighted by Gasteiger charge is 2.14. The number of rotatable bonds is 4. The van der Waals surface area contributed by atoms with Crippen molar-refractivity contribution < 1.29 is 9.47 Å². The molecule has 1 aromatic carbocycles. The fourth-order valence-electron chi connectivity index (χ4n) is 2.16. The lowest BCUT2D eigenvalue weighted by Gasteiger charge is -2.16. The molecule has 0 bridgehead atoms. The van der Waals surface area contributed by atoms with Crippen molar-refractivity contribution in [2.45, 2.75) is 13.3 Å². The number of hydrogen-bond acceptors (Lipinski definition) is 3. The number of hydrogen-bond donors (Lipinski definition) is 0. The highest BCUT2D eigenvalue weighted by molar-refractivity contribution is 5.44. The van der Waals surface area contributed by atoms with Gasteiger partial charge in [0.2, 0.25) is 6.79 Å². The zero-order valence-corrected chi connectivity index (χ0v) is 10.2. The van der Waals surface area contributed by atoms with E-state index in [-0.39, 0.29) is 0 Å². The fourth-order valence-corrected chi connectivity index (χ4v) is 2.16. The molecule has 0 fully saturated rings. The molecular formula is C13H19NO2. The third-order valence-corrected chi connectivity index (χ3v) is 2.70. The quantitative estimate of drug-likeness (QED) is 0.777. The van der Waals surface area contributed by atoms with Gasteiger partial charge in [-0.1, -0.05) is 13.0 Å². The van der Waals surface area contributed by atoms with Crippen LogP contribution in [-0.2, 0) is 6.42 Å². The number of nitrogens with zero attached hydrogens (tertiary/aromatic N) is 1. The van der Waals surface area contributed by atoms with Gasteiger partial charge < -0.3 is 14.4 Å². The summed E-state index contributed by atoms with van der Waals surface area (Å²) in [6.07, 6.45) is 1.08. The van der Waals surface area contributed by atoms with Crippen LogP contribution < -0.4 is 9.47 Å². The Balaban J connectivity index is 1.99. The summed E-state index contributed by atoms with van der Waals surface area (Å²) in [4.78, 5) is 2.22. The molecule has 1 heterocycles. The van der Waals surface area contributed by atoms with Crippen LogP contribution in [0, 0.1) is 5.92 Å². The maximum Gasteiger partial charge on any atom is 0.231 e. The van der Waals surface area contributed by atoms with Gasteiger partial charge in [-0.25, -0.2) is 0 Å². The van der Waals surface area contributed by atoms with Crippen molar-refractivity contribution in [1.82, 2.24) is 4.90 Å². The van der Waals surface area contributed by atoms with Gasteiger partial charge in [-0.3, -0.25) is 0 Å². The smallest absolute Gasteiger partial charge is 0.231 e. The molecule has 1 aliphatic heterocycles. The molecule has 3 nitrogen and oxygen atoms in total. The van der Waals surface area contributed by atoms with E-state index in [1.54, 1.807) is 0 Å². The molecule has 0 aromatic heterocycles. The van der Waals surface area contributed by atoms with Gasteiger partial charge >= 0.3 is 0 Å². The standard InChI is InChI=1S/C13H19NO2/c1-10(8-14(2)3)6-11-4-5-12-13(7-11)16-9-15-12/h4-5,7,10H,6,8-9H2,1-3H3. The highest BCUT2D eigenvalue weighted by Crippen LogP contribution is 2.33. The minimum absolute atomic E-state index is 0.353. The van der Waals surface area contributed by atoms with Crippen molar-refractivity contribution in [1.29, 1.82) is 0 Å². The lowest BCUT2D eigenvalue weighted by atomic mass is 10.0. The van der Waals surface area contributed by atoms with E-state index in [0.717, 1.165) is 24.5 Å². The van der Waals surface area contributed by atoms with E-state index >= 15 is 0 Å². The normalized spacial score (nSPS) is 15.5. The Morgan fingerprint density at radius 3 is 2.75 bits per heavy atom. The molecule has 3 heteroatoms. The molecule has 0 spiro atoms. The average Bonchev–Trinajstić information content (AvgIpc) is 2.63. The van der Waals surface area contributed by atoms with Crippen LogP contribution in [0.4, 0.5) is 0 Å². The summed E-state index contributed by atoms with van der Waals surface area (Å²) in [5, 5.41) is 0. The van der Waals surface area contributed by atoms with Gasteiger partial charge in [0.25, 0.3) is 0 Å². The fraction of sp³-hybridized carbons (Fsp3) is 0.538. The summed E-state index contributed by atoms with van der Waals surface area (Å²) in [6, 6.07) is 6.22. The van der Waals surface area contributed by atoms with Crippen LogP contribution in [0.25, 0.3) is 0 Å². The van der Waals surface area contributed by atoms with Crippen molar-refractivity contribution in [2.24, 2.45) is 5.92 Å². The third kappa shape index (κ3) is 2.67. The van der Waals surface area contributed by atoms with Gasteiger partial charge in [-0.2, -0.15) is 0 Å². The van der Waals surface area contributed by atoms with Crippen LogP contribution in [0.1, 0.15) is 12.5 Å². The first-order valence-electron chi connectivity index (χ1n) is 5.68. The molecule has 1 atom stereocenters. The summed E-state index contributed by atoms with van der Waals surface area (Å²) in [6.45, 7) is 3.73. The predicted molar refractivity (Wildman–Crippen MR) is 64.0 cm³/mol. The van der Waals surface area contributed by atoms with Gasteiger partial charge in [0, 0.05) is 6.54 Å². The Morgan fingerprint density at radius 1 is 1.25 bits per heavy atom. The molecule has 0 N–H and O–H groups in total. The van der Waals surface area contributed by atoms with Gasteiger partial charge in [0.1, 0.15) is 0 Å². The van der Waals surface area contributed by atoms with Crippen molar-refractivity contribution in [2.75, 3.05) is 27.4 Å². The molecule has 0 saturated carbocycles. The van der Waals surface area contributed by atoms with E-state index in [2.05, 4.69) is 38.1 Å². The van der Waals surface area contributed by atoms with E-state index in [1.807, 2.05) is 6.07 Å². The maximum atomic E-state index is 5.37. The van der Waals surface area contributed by atoms with E-state index < -0.39 is 0 Å². The Kier molecular flexibility index (Phi) is 3.34. The first-order chi connectivity index (χ1) is 7.65. The third-order valence-electron chi connectivity index (χ3n) is 2.70. The Hall–Kier alpha value is -1.22. The van der Waals surface area contributed by atoms with Crippen molar-refractivity contribution in [3.8, 4) is 11.5 Å². The van der Waals surface area contributed by atoms with E-state index in [4.69, 9.17) is 9.47 Å². The van der Waals surface area contributed by atoms with Crippen LogP contribution in [0.5, 0.6) is 11.5 Å². The van der Waals surface area contributed by atoms with Gasteiger partial charge in [-0.15, -0.1) is 0 Å². The van der Waals surface area contributed by atoms with Crippen molar-refractivity contribution in [3.63, 3.8) is 0 Å². The van der Waals surface area contributed by atoms with E-state index in [1.165, 1.54) is 5.56 Å². The van der Waals surface area contributed by atoms with Crippen molar-refractivity contribution in [3.05, 3.63) is 23.8 Å². The number of ether oxygens (including phenoxy) is 2. The summed E-state index contributed by atoms with van der Waals surface area (Å²) in [5.41, 5.74) is 1.32. The molecule has 0 saturated heterocycles. The van der Waals surface area contributed by atoms with Crippen LogP contribution in [0.2, 0.25) is 0 Å². The second kappa shape index (κ2) is 4.74. The first-order valence-corrected chi connectivity index (χ1v) is 5.68. The largest absolute Gasteiger partial charge is 0.454 e. The number of fused-ring (bicyclic) bond motifs is 1. The minimum atomic E-state index is 0.353. The Morgan fingerprint density at radius 2 is 2.00 bits per heavy atom. The predicted octanol–water partition coefficient (Wildman–Crippen LogP) is 2.16. The van der Waals surface area contributed by atoms with E-state index in [0.29, 0.717) is 12.7 Å². The molecular weight excluding hydrogens is 202 g/mol. The maximum absolute atomic E-state index is 5.37. The minimum Gasteiger partial charge on any atom is -0.454 e. The Labute approximate surface area is 97.0 Å². The highest BCUT2D eigenvalue weighted by atomic mass is 16.7. The second-order valence-electron chi connectivity index (χ2n) is 4.76. The zero-order chi connectivity index (χ0) is 11.5. The number of benzene rings is 1. The molecule has 0 aliphatic carbocycles. The summed E-state index contributed by atoms with van der Waals surface area (Å²) >= 11 is 0. The van der Waals surface area contributed by atoms with Gasteiger partial charge in [0.15, 0.2) is 11.5 Å². The van der Waals surface area contributed by atoms with Gasteiger partial charge in [0.05, 0.1) is 0 Å². The van der Waals surface area contributed by atoms with Gasteiger partial charge in [-0.05, 0) is 44.1 Å². The summed E-state index contributed by atoms with van der Waals surface area (Å²) in [7, 11) is 4.21. The zero-order valence-electron chi connectivity index (χ0n) is 10.2. The van der Waals surface area contributed by atoms with Crippen LogP contribution >= 0.6 is 0 Å². The van der Waals surface area contributed by atoms with Crippen LogP contribution in [0.3, 0.4) is 0 Å². The second-order valence-corrected chi connectivity index (χ2v) is 4.76. The van der Waals surface area contributed by atoms with Crippen LogP contribution in [-0.4, -0.2) is 32.3 Å². The average molecular weight is 221 g/mol. The van der Waals surface area contributed by atoms with Crippen LogP contribution in [0.15, 0.2) is 18.2 Å². The molecule has 88 valence electrons. The monoisotopic (exact) mass is 221 g/mol. The molecule has 16 heavy (non-hydrogen) atoms. The molecule has 1 aliphatic rings. The molecule has 1 aromatic rings. The molecule has 1 unspecified atom stereocenters. The SMILES string of the molecule is CC(Cc1ccc2c(c1)OCO2)CN(C)C. The summed E-state index contributed by atoms with van der Waals surface area (Å²) in [5.74, 6) is 2.40. The van der Waals surface area contributed by atoms with E-state index in [9.17, 15) is 0 Å². The molecule has 0 radical (unpaired) electrons. The lowest BCUT2D eigenvalue weighted by molar-refractivity contribution is 0.174. The Bertz CT molecular complexity index is 363. The van der Waals surface area contributed by atoms with Crippen molar-refractivity contribution >= 4 is 0 Å². The lowest BCUT2D eigenvalue weighted by Crippen LogP contribution is -2.21. The molecule has 0 amide bonds. The topological polar surface area (TPSA) is 21.7 Å².